The zero-order chi connectivity index (χ0) is 31.6. The Balaban J connectivity index is 1.25. The first-order chi connectivity index (χ1) is 23.0. The van der Waals surface area contributed by atoms with Gasteiger partial charge < -0.3 is 20.5 Å². The Morgan fingerprint density at radius 2 is 1.19 bits per heavy atom. The second kappa shape index (κ2) is 10.7. The van der Waals surface area contributed by atoms with Crippen molar-refractivity contribution in [2.45, 2.75) is 39.0 Å². The molecule has 5 heterocycles. The topological polar surface area (TPSA) is 123 Å². The largest absolute Gasteiger partial charge is 0.383 e. The molecular formula is C37H30N8O2. The standard InChI is InChI=1S/C37H30N8O2/c1-20-21(2)47-37(46-20)45-35(43-32-25-14-6-5-13-24(25)30(38)40-32)28-17-9-10-18-29(28)36(45)44-34-27-16-8-7-15-26(27)33(42-34)41-31-23-12-4-3-11-22(23)19-39-31/h3-18,20-21,37H,19H2,1-2H3,(H2,38,40,43)(H,39,41,42,44). The predicted octanol–water partition coefficient (Wildman–Crippen LogP) is 6.11. The van der Waals surface area contributed by atoms with E-state index in [1.807, 2.05) is 103 Å². The Morgan fingerprint density at radius 1 is 0.660 bits per heavy atom. The van der Waals surface area contributed by atoms with Crippen LogP contribution in [0, 0.1) is 0 Å². The van der Waals surface area contributed by atoms with Gasteiger partial charge in [0, 0.05) is 45.1 Å². The fraction of sp³-hybridized carbons (Fsp3) is 0.162. The molecule has 0 aliphatic carbocycles. The minimum atomic E-state index is -0.774. The lowest BCUT2D eigenvalue weighted by atomic mass is 10.1. The molecule has 0 radical (unpaired) electrons. The quantitative estimate of drug-likeness (QED) is 0.253. The lowest BCUT2D eigenvalue weighted by Crippen LogP contribution is -2.16. The van der Waals surface area contributed by atoms with Crippen LogP contribution in [0.4, 0.5) is 11.6 Å². The Labute approximate surface area is 270 Å². The molecule has 1 saturated heterocycles. The highest BCUT2D eigenvalue weighted by molar-refractivity contribution is 6.26. The number of aromatic nitrogens is 1. The summed E-state index contributed by atoms with van der Waals surface area (Å²) < 4.78 is 14.7. The molecule has 4 aliphatic heterocycles. The van der Waals surface area contributed by atoms with Crippen molar-refractivity contribution in [1.82, 2.24) is 9.88 Å². The van der Waals surface area contributed by atoms with E-state index in [9.17, 15) is 0 Å². The number of amidine groups is 5. The average molecular weight is 619 g/mol. The average Bonchev–Trinajstić information content (AvgIpc) is 3.89. The summed E-state index contributed by atoms with van der Waals surface area (Å²) in [7, 11) is 0. The van der Waals surface area contributed by atoms with Crippen molar-refractivity contribution in [2.24, 2.45) is 30.7 Å². The Kier molecular flexibility index (Phi) is 6.27. The number of fused-ring (bicyclic) bond motifs is 4. The molecule has 5 aromatic rings. The van der Waals surface area contributed by atoms with Gasteiger partial charge in [-0.15, -0.1) is 0 Å². The number of nitrogens with zero attached hydrogens (tertiary/aromatic N) is 6. The van der Waals surface area contributed by atoms with Gasteiger partial charge in [-0.25, -0.2) is 25.0 Å². The van der Waals surface area contributed by atoms with Gasteiger partial charge in [-0.3, -0.25) is 4.57 Å². The molecule has 1 fully saturated rings. The van der Waals surface area contributed by atoms with Crippen molar-refractivity contribution in [3.63, 3.8) is 0 Å². The molecule has 230 valence electrons. The molecule has 0 amide bonds. The summed E-state index contributed by atoms with van der Waals surface area (Å²) in [6.45, 7) is 4.73. The molecule has 0 bridgehead atoms. The van der Waals surface area contributed by atoms with Gasteiger partial charge in [-0.1, -0.05) is 97.1 Å². The van der Waals surface area contributed by atoms with Gasteiger partial charge in [0.05, 0.1) is 12.2 Å². The van der Waals surface area contributed by atoms with E-state index in [1.165, 1.54) is 5.56 Å². The van der Waals surface area contributed by atoms with Crippen LogP contribution in [0.1, 0.15) is 53.6 Å². The molecule has 47 heavy (non-hydrogen) atoms. The van der Waals surface area contributed by atoms with Crippen molar-refractivity contribution in [3.05, 3.63) is 130 Å². The van der Waals surface area contributed by atoms with Crippen LogP contribution < -0.4 is 11.1 Å². The Bertz CT molecular complexity index is 2270. The second-order valence-electron chi connectivity index (χ2n) is 11.9. The molecule has 4 aromatic carbocycles. The van der Waals surface area contributed by atoms with Crippen molar-refractivity contribution in [3.8, 4) is 0 Å². The van der Waals surface area contributed by atoms with Gasteiger partial charge >= 0.3 is 0 Å². The summed E-state index contributed by atoms with van der Waals surface area (Å²) in [5, 5.41) is 5.18. The molecule has 2 unspecified atom stereocenters. The van der Waals surface area contributed by atoms with Crippen molar-refractivity contribution in [1.29, 1.82) is 0 Å². The van der Waals surface area contributed by atoms with Crippen LogP contribution >= 0.6 is 0 Å². The predicted molar refractivity (Wildman–Crippen MR) is 184 cm³/mol. The number of aliphatic imine (C=N–C) groups is 5. The molecule has 0 saturated carbocycles. The number of rotatable bonds is 3. The lowest BCUT2D eigenvalue weighted by Gasteiger charge is -2.16. The number of nitrogens with one attached hydrogen (secondary N) is 1. The van der Waals surface area contributed by atoms with Crippen molar-refractivity contribution >= 4 is 51.6 Å². The minimum absolute atomic E-state index is 0.137. The lowest BCUT2D eigenvalue weighted by molar-refractivity contribution is -0.116. The smallest absolute Gasteiger partial charge is 0.247 e. The zero-order valence-corrected chi connectivity index (χ0v) is 25.8. The van der Waals surface area contributed by atoms with Crippen LogP contribution in [0.3, 0.4) is 0 Å². The van der Waals surface area contributed by atoms with E-state index in [4.69, 9.17) is 35.2 Å². The monoisotopic (exact) mass is 618 g/mol. The Hall–Kier alpha value is -5.71. The van der Waals surface area contributed by atoms with Gasteiger partial charge in [-0.05, 0) is 19.4 Å². The fourth-order valence-corrected chi connectivity index (χ4v) is 6.47. The maximum absolute atomic E-state index is 6.38. The van der Waals surface area contributed by atoms with E-state index in [0.717, 1.165) is 51.0 Å². The van der Waals surface area contributed by atoms with E-state index >= 15 is 0 Å². The maximum Gasteiger partial charge on any atom is 0.247 e. The van der Waals surface area contributed by atoms with Gasteiger partial charge in [0.2, 0.25) is 6.41 Å². The summed E-state index contributed by atoms with van der Waals surface area (Å²) >= 11 is 0. The minimum Gasteiger partial charge on any atom is -0.383 e. The van der Waals surface area contributed by atoms with Crippen LogP contribution in [-0.4, -0.2) is 46.0 Å². The molecule has 10 nitrogen and oxygen atoms in total. The fourth-order valence-electron chi connectivity index (χ4n) is 6.47. The van der Waals surface area contributed by atoms with Gasteiger partial charge in [-0.2, -0.15) is 0 Å². The molecule has 4 aliphatic rings. The third-order valence-electron chi connectivity index (χ3n) is 9.05. The van der Waals surface area contributed by atoms with E-state index in [-0.39, 0.29) is 12.2 Å². The molecule has 2 atom stereocenters. The van der Waals surface area contributed by atoms with Crippen LogP contribution in [0.2, 0.25) is 0 Å². The zero-order valence-electron chi connectivity index (χ0n) is 25.8. The summed E-state index contributed by atoms with van der Waals surface area (Å²) in [4.78, 5) is 25.1. The number of ether oxygens (including phenoxy) is 2. The van der Waals surface area contributed by atoms with Crippen molar-refractivity contribution in [2.75, 3.05) is 0 Å². The van der Waals surface area contributed by atoms with Crippen LogP contribution in [0.25, 0.3) is 10.8 Å². The first kappa shape index (κ1) is 27.6. The van der Waals surface area contributed by atoms with Crippen molar-refractivity contribution < 1.29 is 9.47 Å². The van der Waals surface area contributed by atoms with E-state index < -0.39 is 6.41 Å². The van der Waals surface area contributed by atoms with Gasteiger partial charge in [0.25, 0.3) is 0 Å². The summed E-state index contributed by atoms with van der Waals surface area (Å²) in [5.41, 5.74) is 12.1. The molecule has 0 spiro atoms. The summed E-state index contributed by atoms with van der Waals surface area (Å²) in [6, 6.07) is 32.2. The van der Waals surface area contributed by atoms with Crippen LogP contribution in [0.15, 0.2) is 122 Å². The maximum atomic E-state index is 6.38. The van der Waals surface area contributed by atoms with Gasteiger partial charge in [0.15, 0.2) is 17.5 Å². The first-order valence-electron chi connectivity index (χ1n) is 15.7. The summed E-state index contributed by atoms with van der Waals surface area (Å²) in [5.74, 6) is 4.12. The Morgan fingerprint density at radius 3 is 1.87 bits per heavy atom. The molecule has 10 heteroatoms. The van der Waals surface area contributed by atoms with Crippen LogP contribution in [-0.2, 0) is 16.0 Å². The number of hydrogen-bond donors (Lipinski definition) is 2. The number of hydrogen-bond acceptors (Lipinski definition) is 6. The van der Waals surface area contributed by atoms with Gasteiger partial charge in [0.1, 0.15) is 23.3 Å². The summed E-state index contributed by atoms with van der Waals surface area (Å²) in [6.07, 6.45) is -1.05. The second-order valence-corrected chi connectivity index (χ2v) is 11.9. The molecule has 9 rings (SSSR count). The number of benzene rings is 4. The molecular weight excluding hydrogens is 588 g/mol. The highest BCUT2D eigenvalue weighted by Gasteiger charge is 2.36. The number of nitrogens with two attached hydrogens (primary N) is 1. The third kappa shape index (κ3) is 4.44. The SMILES string of the molecule is CC1OC(n2c(/N=C3\N=C(N)c4ccccc43)c3ccccc3c2/N=C2N=C(/N=C3\NCc4ccccc43)c3ccccc3\2)OC1C. The van der Waals surface area contributed by atoms with Crippen LogP contribution in [0.5, 0.6) is 0 Å². The van der Waals surface area contributed by atoms with E-state index in [2.05, 4.69) is 22.4 Å². The van der Waals surface area contributed by atoms with E-state index in [0.29, 0.717) is 35.0 Å². The third-order valence-corrected chi connectivity index (χ3v) is 9.05. The normalized spacial score (nSPS) is 23.7. The highest BCUT2D eigenvalue weighted by atomic mass is 16.7. The molecule has 1 aromatic heterocycles. The van der Waals surface area contributed by atoms with E-state index in [1.54, 1.807) is 0 Å². The molecule has 3 N–H and O–H groups in total. The first-order valence-corrected chi connectivity index (χ1v) is 15.7. The highest BCUT2D eigenvalue weighted by Crippen LogP contribution is 2.44.